The van der Waals surface area contributed by atoms with Crippen LogP contribution >= 0.6 is 0 Å². The number of hydrogen-bond donors (Lipinski definition) is 0. The van der Waals surface area contributed by atoms with Gasteiger partial charge in [-0.2, -0.15) is 0 Å². The first-order valence-corrected chi connectivity index (χ1v) is 7.22. The predicted octanol–water partition coefficient (Wildman–Crippen LogP) is 1.29. The molecule has 1 saturated heterocycles. The number of methoxy groups -OCH3 is 2. The van der Waals surface area contributed by atoms with Crippen molar-refractivity contribution >= 4 is 17.7 Å². The van der Waals surface area contributed by atoms with Gasteiger partial charge in [0.1, 0.15) is 5.60 Å². The van der Waals surface area contributed by atoms with Crippen LogP contribution in [0.25, 0.3) is 0 Å². The summed E-state index contributed by atoms with van der Waals surface area (Å²) in [6, 6.07) is 9.06. The average Bonchev–Trinajstić information content (AvgIpc) is 2.89. The van der Waals surface area contributed by atoms with Gasteiger partial charge < -0.3 is 14.2 Å². The molecule has 1 aromatic rings. The summed E-state index contributed by atoms with van der Waals surface area (Å²) in [6.07, 6.45) is -0.608. The minimum Gasteiger partial charge on any atom is -0.466 e. The van der Waals surface area contributed by atoms with Gasteiger partial charge in [-0.1, -0.05) is 30.3 Å². The monoisotopic (exact) mass is 316 g/mol. The molecule has 1 fully saturated rings. The number of ether oxygens (including phenoxy) is 3. The third-order valence-electron chi connectivity index (χ3n) is 4.31. The Bertz CT molecular complexity index is 705. The number of ketones is 1. The summed E-state index contributed by atoms with van der Waals surface area (Å²) in [6.45, 7) is 0. The van der Waals surface area contributed by atoms with Gasteiger partial charge in [-0.05, 0) is 12.0 Å². The summed E-state index contributed by atoms with van der Waals surface area (Å²) < 4.78 is 15.5. The fourth-order valence-corrected chi connectivity index (χ4v) is 3.27. The Labute approximate surface area is 133 Å². The quantitative estimate of drug-likeness (QED) is 0.782. The predicted molar refractivity (Wildman–Crippen MR) is 78.3 cm³/mol. The van der Waals surface area contributed by atoms with Gasteiger partial charge in [-0.25, -0.2) is 9.59 Å². The van der Waals surface area contributed by atoms with E-state index in [1.165, 1.54) is 14.2 Å². The molecule has 2 heterocycles. The molecule has 6 nitrogen and oxygen atoms in total. The highest BCUT2D eigenvalue weighted by Gasteiger charge is 2.58. The van der Waals surface area contributed by atoms with Crippen LogP contribution in [0.1, 0.15) is 18.4 Å². The fraction of sp³-hybridized carbons (Fsp3) is 0.353. The maximum absolute atomic E-state index is 12.4. The molecular formula is C17H16O6. The third-order valence-corrected chi connectivity index (χ3v) is 4.31. The number of Topliss-reactive ketones (excluding diaryl/α,β-unsaturated/α-hetero) is 1. The maximum atomic E-state index is 12.4. The Morgan fingerprint density at radius 1 is 1.13 bits per heavy atom. The van der Waals surface area contributed by atoms with Crippen LogP contribution < -0.4 is 0 Å². The summed E-state index contributed by atoms with van der Waals surface area (Å²) in [5.74, 6) is -1.68. The van der Waals surface area contributed by atoms with E-state index in [4.69, 9.17) is 14.2 Å². The zero-order chi connectivity index (χ0) is 16.6. The van der Waals surface area contributed by atoms with Crippen LogP contribution in [0.15, 0.2) is 41.5 Å². The molecule has 2 aliphatic heterocycles. The van der Waals surface area contributed by atoms with E-state index in [-0.39, 0.29) is 29.8 Å². The van der Waals surface area contributed by atoms with Crippen molar-refractivity contribution in [3.05, 3.63) is 47.0 Å². The molecule has 0 N–H and O–H groups in total. The first kappa shape index (κ1) is 15.4. The minimum atomic E-state index is -1.16. The van der Waals surface area contributed by atoms with Gasteiger partial charge in [-0.3, -0.25) is 4.79 Å². The number of carbonyl (C=O) groups excluding carboxylic acids is 3. The Balaban J connectivity index is 2.27. The summed E-state index contributed by atoms with van der Waals surface area (Å²) >= 11 is 0. The van der Waals surface area contributed by atoms with Crippen molar-refractivity contribution in [2.45, 2.75) is 24.5 Å². The highest BCUT2D eigenvalue weighted by Crippen LogP contribution is 2.51. The van der Waals surface area contributed by atoms with E-state index in [1.807, 2.05) is 18.2 Å². The van der Waals surface area contributed by atoms with Gasteiger partial charge in [0.2, 0.25) is 0 Å². The zero-order valence-electron chi connectivity index (χ0n) is 12.8. The van der Waals surface area contributed by atoms with Crippen LogP contribution in [-0.4, -0.2) is 38.0 Å². The molecule has 3 rings (SSSR count). The van der Waals surface area contributed by atoms with E-state index >= 15 is 0 Å². The minimum absolute atomic E-state index is 0.0503. The molecule has 0 saturated carbocycles. The van der Waals surface area contributed by atoms with Crippen molar-refractivity contribution in [2.75, 3.05) is 14.2 Å². The third kappa shape index (κ3) is 2.17. The van der Waals surface area contributed by atoms with Crippen molar-refractivity contribution in [2.24, 2.45) is 0 Å². The smallest absolute Gasteiger partial charge is 0.337 e. The highest BCUT2D eigenvalue weighted by atomic mass is 16.6. The Kier molecular flexibility index (Phi) is 3.77. The highest BCUT2D eigenvalue weighted by molar-refractivity contribution is 6.09. The van der Waals surface area contributed by atoms with Crippen molar-refractivity contribution in [1.82, 2.24) is 0 Å². The van der Waals surface area contributed by atoms with E-state index in [0.29, 0.717) is 5.56 Å². The van der Waals surface area contributed by atoms with Crippen LogP contribution in [0.4, 0.5) is 0 Å². The van der Waals surface area contributed by atoms with Crippen molar-refractivity contribution in [3.63, 3.8) is 0 Å². The van der Waals surface area contributed by atoms with E-state index < -0.39 is 23.6 Å². The molecule has 2 atom stereocenters. The number of rotatable bonds is 3. The normalized spacial score (nSPS) is 26.2. The largest absolute Gasteiger partial charge is 0.466 e. The van der Waals surface area contributed by atoms with Crippen LogP contribution in [-0.2, 0) is 34.2 Å². The molecule has 23 heavy (non-hydrogen) atoms. The lowest BCUT2D eigenvalue weighted by Gasteiger charge is -2.35. The lowest BCUT2D eigenvalue weighted by Crippen LogP contribution is -2.40. The molecule has 2 aliphatic rings. The van der Waals surface area contributed by atoms with E-state index in [0.717, 1.165) is 0 Å². The molecule has 0 aliphatic carbocycles. The SMILES string of the molecule is COC(=O)C1=C(C(=O)OC)[C@@]2(c3ccccc3)CCC(=O)[C@H]1O2. The van der Waals surface area contributed by atoms with Crippen LogP contribution in [0.5, 0.6) is 0 Å². The standard InChI is InChI=1S/C17H16O6/c1-21-15(19)12-13(16(20)22-2)17(10-6-4-3-5-7-10)9-8-11(18)14(12)23-17/h3-7,14H,8-9H2,1-2H3/t14-,17+/m1/s1. The maximum Gasteiger partial charge on any atom is 0.337 e. The summed E-state index contributed by atoms with van der Waals surface area (Å²) in [5, 5.41) is 0. The molecule has 0 spiro atoms. The molecule has 2 bridgehead atoms. The summed E-state index contributed by atoms with van der Waals surface area (Å²) in [5.41, 5.74) is -0.437. The second kappa shape index (κ2) is 5.62. The number of benzene rings is 1. The topological polar surface area (TPSA) is 78.9 Å². The number of carbonyl (C=O) groups is 3. The molecule has 120 valence electrons. The second-order valence-corrected chi connectivity index (χ2v) is 5.43. The van der Waals surface area contributed by atoms with Gasteiger partial charge in [0.05, 0.1) is 25.4 Å². The average molecular weight is 316 g/mol. The molecule has 0 amide bonds. The van der Waals surface area contributed by atoms with Crippen molar-refractivity contribution < 1.29 is 28.6 Å². The molecule has 0 radical (unpaired) electrons. The van der Waals surface area contributed by atoms with Gasteiger partial charge in [0.25, 0.3) is 0 Å². The van der Waals surface area contributed by atoms with Gasteiger partial charge in [0.15, 0.2) is 11.9 Å². The van der Waals surface area contributed by atoms with Crippen LogP contribution in [0.2, 0.25) is 0 Å². The Hall–Kier alpha value is -2.47. The van der Waals surface area contributed by atoms with E-state index in [1.54, 1.807) is 12.1 Å². The first-order chi connectivity index (χ1) is 11.0. The number of hydrogen-bond acceptors (Lipinski definition) is 6. The summed E-state index contributed by atoms with van der Waals surface area (Å²) in [4.78, 5) is 36.8. The van der Waals surface area contributed by atoms with Crippen LogP contribution in [0.3, 0.4) is 0 Å². The van der Waals surface area contributed by atoms with E-state index in [9.17, 15) is 14.4 Å². The molecule has 1 aromatic carbocycles. The Morgan fingerprint density at radius 3 is 2.39 bits per heavy atom. The number of fused-ring (bicyclic) bond motifs is 2. The van der Waals surface area contributed by atoms with Crippen LogP contribution in [0, 0.1) is 0 Å². The van der Waals surface area contributed by atoms with Gasteiger partial charge >= 0.3 is 11.9 Å². The molecule has 6 heteroatoms. The molecule has 0 aromatic heterocycles. The first-order valence-electron chi connectivity index (χ1n) is 7.22. The number of esters is 2. The lowest BCUT2D eigenvalue weighted by molar-refractivity contribution is -0.152. The lowest BCUT2D eigenvalue weighted by atomic mass is 9.82. The molecule has 0 unspecified atom stereocenters. The van der Waals surface area contributed by atoms with Crippen molar-refractivity contribution in [3.8, 4) is 0 Å². The Morgan fingerprint density at radius 2 is 1.78 bits per heavy atom. The summed E-state index contributed by atoms with van der Waals surface area (Å²) in [7, 11) is 2.43. The van der Waals surface area contributed by atoms with Gasteiger partial charge in [-0.15, -0.1) is 0 Å². The molecular weight excluding hydrogens is 300 g/mol. The van der Waals surface area contributed by atoms with Crippen molar-refractivity contribution in [1.29, 1.82) is 0 Å². The van der Waals surface area contributed by atoms with Gasteiger partial charge in [0, 0.05) is 6.42 Å². The fourth-order valence-electron chi connectivity index (χ4n) is 3.27. The zero-order valence-corrected chi connectivity index (χ0v) is 12.8. The van der Waals surface area contributed by atoms with E-state index in [2.05, 4.69) is 0 Å². The second-order valence-electron chi connectivity index (χ2n) is 5.43.